The molecule has 4 unspecified atom stereocenters. The molecule has 19 heteroatoms. The predicted octanol–water partition coefficient (Wildman–Crippen LogP) is 23.5. The van der Waals surface area contributed by atoms with Crippen molar-refractivity contribution in [3.8, 4) is 0 Å². The van der Waals surface area contributed by atoms with Gasteiger partial charge in [-0.05, 0) is 37.5 Å². The maximum Gasteiger partial charge on any atom is 0.472 e. The van der Waals surface area contributed by atoms with E-state index in [9.17, 15) is 43.2 Å². The second kappa shape index (κ2) is 70.7. The molecule has 0 heterocycles. The van der Waals surface area contributed by atoms with Crippen LogP contribution in [0.4, 0.5) is 0 Å². The van der Waals surface area contributed by atoms with E-state index in [1.165, 1.54) is 225 Å². The molecule has 0 aliphatic heterocycles. The highest BCUT2D eigenvalue weighted by molar-refractivity contribution is 7.47. The number of hydrogen-bond acceptors (Lipinski definition) is 15. The molecular weight excluding hydrogens is 1280 g/mol. The van der Waals surface area contributed by atoms with Crippen LogP contribution in [0.5, 0.6) is 0 Å². The van der Waals surface area contributed by atoms with Gasteiger partial charge in [0.1, 0.15) is 19.3 Å². The molecule has 0 fully saturated rings. The number of carbonyl (C=O) groups is 4. The first-order valence-electron chi connectivity index (χ1n) is 41.1. The second-order valence-electron chi connectivity index (χ2n) is 28.9. The van der Waals surface area contributed by atoms with Crippen molar-refractivity contribution in [2.45, 2.75) is 432 Å². The summed E-state index contributed by atoms with van der Waals surface area (Å²) in [6, 6.07) is 0. The summed E-state index contributed by atoms with van der Waals surface area (Å²) in [5, 5.41) is 10.6. The van der Waals surface area contributed by atoms with Gasteiger partial charge in [0.25, 0.3) is 0 Å². The first-order chi connectivity index (χ1) is 47.4. The summed E-state index contributed by atoms with van der Waals surface area (Å²) in [6.07, 6.45) is 59.9. The summed E-state index contributed by atoms with van der Waals surface area (Å²) in [7, 11) is -9.91. The molecule has 0 aliphatic rings. The van der Waals surface area contributed by atoms with E-state index in [2.05, 4.69) is 41.5 Å². The Kier molecular flexibility index (Phi) is 69.3. The molecule has 3 N–H and O–H groups in total. The fourth-order valence-electron chi connectivity index (χ4n) is 12.1. The minimum atomic E-state index is -4.96. The maximum absolute atomic E-state index is 13.1. The van der Waals surface area contributed by atoms with Gasteiger partial charge in [0.15, 0.2) is 12.2 Å². The molecule has 0 bridgehead atoms. The number of carbonyl (C=O) groups excluding carboxylic acids is 4. The lowest BCUT2D eigenvalue weighted by Crippen LogP contribution is -2.30. The third-order valence-electron chi connectivity index (χ3n) is 19.2. The summed E-state index contributed by atoms with van der Waals surface area (Å²) < 4.78 is 68.4. The average molecular weight is 1440 g/mol. The standard InChI is InChI=1S/C79H154O17P2/c1-7-11-13-15-16-17-18-19-20-21-22-30-35-40-45-51-57-63-78(83)95-74(67-89-76(81)61-55-47-14-12-8-2)69-93-97(85,86)91-65-73(80)66-92-98(87,88)94-70-75(96-79(84)64-58-52-46-41-36-31-26-24-28-33-38-43-49-54-60-72(6)10-4)68-90-77(82)62-56-50-44-39-34-29-25-23-27-32-37-42-48-53-59-71(5)9-3/h71-75,80H,7-70H2,1-6H3,(H,85,86)(H,87,88)/t71?,72?,73-,74+,75+/m0/s1. The van der Waals surface area contributed by atoms with E-state index in [1.807, 2.05) is 0 Å². The number of esters is 4. The van der Waals surface area contributed by atoms with Gasteiger partial charge in [-0.2, -0.15) is 0 Å². The van der Waals surface area contributed by atoms with Gasteiger partial charge >= 0.3 is 39.5 Å². The molecule has 0 saturated heterocycles. The number of hydrogen-bond donors (Lipinski definition) is 3. The molecule has 0 aliphatic carbocycles. The number of unbranched alkanes of at least 4 members (excludes halogenated alkanes) is 46. The summed E-state index contributed by atoms with van der Waals surface area (Å²) in [6.45, 7) is 9.65. The van der Waals surface area contributed by atoms with Crippen LogP contribution in [0.1, 0.15) is 414 Å². The Morgan fingerprint density at radius 2 is 0.490 bits per heavy atom. The van der Waals surface area contributed by atoms with Gasteiger partial charge in [0, 0.05) is 25.7 Å². The van der Waals surface area contributed by atoms with Crippen LogP contribution in [0, 0.1) is 11.8 Å². The van der Waals surface area contributed by atoms with E-state index in [0.717, 1.165) is 108 Å². The molecule has 98 heavy (non-hydrogen) atoms. The highest BCUT2D eigenvalue weighted by Crippen LogP contribution is 2.45. The molecule has 0 rings (SSSR count). The topological polar surface area (TPSA) is 237 Å². The molecule has 0 radical (unpaired) electrons. The van der Waals surface area contributed by atoms with Gasteiger partial charge in [-0.15, -0.1) is 0 Å². The number of ether oxygens (including phenoxy) is 4. The Hall–Kier alpha value is -1.94. The maximum atomic E-state index is 13.1. The van der Waals surface area contributed by atoms with Crippen LogP contribution >= 0.6 is 15.6 Å². The van der Waals surface area contributed by atoms with Crippen molar-refractivity contribution in [2.24, 2.45) is 11.8 Å². The average Bonchev–Trinajstić information content (AvgIpc) is 0.988. The molecule has 17 nitrogen and oxygen atoms in total. The molecule has 582 valence electrons. The zero-order valence-electron chi connectivity index (χ0n) is 64.1. The zero-order valence-corrected chi connectivity index (χ0v) is 65.9. The first-order valence-corrected chi connectivity index (χ1v) is 44.1. The Bertz CT molecular complexity index is 1890. The van der Waals surface area contributed by atoms with Crippen LogP contribution < -0.4 is 0 Å². The van der Waals surface area contributed by atoms with Crippen molar-refractivity contribution in [1.82, 2.24) is 0 Å². The van der Waals surface area contributed by atoms with Gasteiger partial charge < -0.3 is 33.8 Å². The van der Waals surface area contributed by atoms with Gasteiger partial charge in [-0.25, -0.2) is 9.13 Å². The molecule has 0 aromatic rings. The second-order valence-corrected chi connectivity index (χ2v) is 31.8. The van der Waals surface area contributed by atoms with E-state index >= 15 is 0 Å². The molecule has 0 aromatic carbocycles. The van der Waals surface area contributed by atoms with Crippen LogP contribution in [0.25, 0.3) is 0 Å². The van der Waals surface area contributed by atoms with E-state index in [4.69, 9.17) is 37.0 Å². The Labute approximate surface area is 600 Å². The molecular formula is C79H154O17P2. The van der Waals surface area contributed by atoms with Gasteiger partial charge in [0.2, 0.25) is 0 Å². The smallest absolute Gasteiger partial charge is 0.462 e. The molecule has 0 aromatic heterocycles. The van der Waals surface area contributed by atoms with Gasteiger partial charge in [0.05, 0.1) is 26.4 Å². The fraction of sp³-hybridized carbons (Fsp3) is 0.949. The third kappa shape index (κ3) is 69.8. The summed E-state index contributed by atoms with van der Waals surface area (Å²) in [5.74, 6) is -0.426. The minimum absolute atomic E-state index is 0.108. The first kappa shape index (κ1) is 96.1. The van der Waals surface area contributed by atoms with E-state index < -0.39 is 97.5 Å². The van der Waals surface area contributed by atoms with E-state index in [0.29, 0.717) is 25.7 Å². The van der Waals surface area contributed by atoms with Crippen LogP contribution in [0.3, 0.4) is 0 Å². The predicted molar refractivity (Wildman–Crippen MR) is 400 cm³/mol. The third-order valence-corrected chi connectivity index (χ3v) is 21.1. The largest absolute Gasteiger partial charge is 0.472 e. The molecule has 0 amide bonds. The van der Waals surface area contributed by atoms with Crippen LogP contribution in [0.2, 0.25) is 0 Å². The zero-order chi connectivity index (χ0) is 72.1. The number of phosphoric ester groups is 2. The monoisotopic (exact) mass is 1440 g/mol. The number of aliphatic hydroxyl groups is 1. The fourth-order valence-corrected chi connectivity index (χ4v) is 13.7. The summed E-state index contributed by atoms with van der Waals surface area (Å²) in [5.41, 5.74) is 0. The van der Waals surface area contributed by atoms with Crippen molar-refractivity contribution >= 4 is 39.5 Å². The lowest BCUT2D eigenvalue weighted by molar-refractivity contribution is -0.161. The molecule has 7 atom stereocenters. The number of rotatable bonds is 78. The lowest BCUT2D eigenvalue weighted by Gasteiger charge is -2.21. The van der Waals surface area contributed by atoms with Gasteiger partial charge in [-0.1, -0.05) is 363 Å². The van der Waals surface area contributed by atoms with Crippen molar-refractivity contribution in [2.75, 3.05) is 39.6 Å². The normalized spacial score (nSPS) is 14.5. The Morgan fingerprint density at radius 3 is 0.724 bits per heavy atom. The highest BCUT2D eigenvalue weighted by Gasteiger charge is 2.30. The highest BCUT2D eigenvalue weighted by atomic mass is 31.2. The van der Waals surface area contributed by atoms with Crippen LogP contribution in [-0.4, -0.2) is 96.7 Å². The lowest BCUT2D eigenvalue weighted by atomic mass is 9.99. The summed E-state index contributed by atoms with van der Waals surface area (Å²) >= 11 is 0. The van der Waals surface area contributed by atoms with Crippen molar-refractivity contribution in [1.29, 1.82) is 0 Å². The Balaban J connectivity index is 5.13. The Morgan fingerprint density at radius 1 is 0.286 bits per heavy atom. The van der Waals surface area contributed by atoms with E-state index in [-0.39, 0.29) is 25.7 Å². The van der Waals surface area contributed by atoms with Crippen molar-refractivity contribution < 1.29 is 80.2 Å². The SMILES string of the molecule is CCCCCCCCCCCCCCCCCCCC(=O)O[C@H](COC(=O)CCCCCCC)COP(=O)(O)OC[C@H](O)COP(=O)(O)OC[C@@H](COC(=O)CCCCCCCCCCCCCCCCC(C)CC)OC(=O)CCCCCCCCCCCCCCCCC(C)CC. The minimum Gasteiger partial charge on any atom is -0.462 e. The molecule has 0 saturated carbocycles. The van der Waals surface area contributed by atoms with Crippen LogP contribution in [-0.2, 0) is 65.4 Å². The number of phosphoric acid groups is 2. The molecule has 0 spiro atoms. The summed E-state index contributed by atoms with van der Waals surface area (Å²) in [4.78, 5) is 72.7. The quantitative estimate of drug-likeness (QED) is 0.0222. The van der Waals surface area contributed by atoms with Crippen molar-refractivity contribution in [3.63, 3.8) is 0 Å². The van der Waals surface area contributed by atoms with Crippen LogP contribution in [0.15, 0.2) is 0 Å². The van der Waals surface area contributed by atoms with Crippen molar-refractivity contribution in [3.05, 3.63) is 0 Å². The van der Waals surface area contributed by atoms with Gasteiger partial charge in [-0.3, -0.25) is 37.3 Å². The number of aliphatic hydroxyl groups excluding tert-OH is 1. The van der Waals surface area contributed by atoms with E-state index in [1.54, 1.807) is 0 Å².